The van der Waals surface area contributed by atoms with Gasteiger partial charge in [0.1, 0.15) is 27.4 Å². The van der Waals surface area contributed by atoms with Crippen molar-refractivity contribution in [1.29, 1.82) is 0 Å². The second-order valence-corrected chi connectivity index (χ2v) is 19.7. The Balaban J connectivity index is 0.000000440. The van der Waals surface area contributed by atoms with Crippen LogP contribution in [0.1, 0.15) is 179 Å². The SMILES string of the molecule is CCCCCCCCCCCCCCc1cc(S(=O)(=O)O)ccc1Oc1ccccc1O.CCCCCCCCCCCCCCc1cc(S(=O)(=O)[O-])ccc1Oc1ccccc1[O-].[Ca+2]. The van der Waals surface area contributed by atoms with E-state index in [1.165, 1.54) is 164 Å². The quantitative estimate of drug-likeness (QED) is 0.0272. The van der Waals surface area contributed by atoms with Gasteiger partial charge in [-0.2, -0.15) is 8.42 Å². The van der Waals surface area contributed by atoms with Gasteiger partial charge in [0, 0.05) is 0 Å². The molecule has 0 unspecified atom stereocenters. The van der Waals surface area contributed by atoms with Gasteiger partial charge in [-0.05, 0) is 91.4 Å². The molecule has 0 saturated heterocycles. The minimum absolute atomic E-state index is 0. The first-order chi connectivity index (χ1) is 30.8. The van der Waals surface area contributed by atoms with Crippen LogP contribution in [0.3, 0.4) is 0 Å². The molecule has 0 saturated carbocycles. The number of phenols is 1. The Kier molecular flexibility index (Phi) is 30.1. The van der Waals surface area contributed by atoms with Gasteiger partial charge in [-0.25, -0.2) is 8.42 Å². The molecule has 0 aliphatic rings. The van der Waals surface area contributed by atoms with Crippen LogP contribution in [-0.4, -0.2) is 68.8 Å². The first kappa shape index (κ1) is 58.3. The predicted octanol–water partition coefficient (Wildman–Crippen LogP) is 14.0. The number of aromatic hydroxyl groups is 1. The summed E-state index contributed by atoms with van der Waals surface area (Å²) in [5.74, 6) is 1.17. The Labute approximate surface area is 421 Å². The second kappa shape index (κ2) is 33.6. The predicted molar refractivity (Wildman–Crippen MR) is 260 cm³/mol. The summed E-state index contributed by atoms with van der Waals surface area (Å²) in [6.45, 7) is 4.48. The van der Waals surface area contributed by atoms with Crippen LogP contribution in [0.15, 0.2) is 94.7 Å². The molecule has 0 atom stereocenters. The van der Waals surface area contributed by atoms with Gasteiger partial charge in [-0.1, -0.05) is 191 Å². The zero-order valence-corrected chi connectivity index (χ0v) is 43.0. The molecule has 0 radical (unpaired) electrons. The van der Waals surface area contributed by atoms with Gasteiger partial charge in [0.05, 0.1) is 9.79 Å². The molecule has 13 heteroatoms. The largest absolute Gasteiger partial charge is 2.00 e. The van der Waals surface area contributed by atoms with E-state index >= 15 is 0 Å². The van der Waals surface area contributed by atoms with Crippen molar-refractivity contribution in [3.05, 3.63) is 96.1 Å². The zero-order chi connectivity index (χ0) is 46.5. The number of benzene rings is 4. The second-order valence-electron chi connectivity index (χ2n) is 16.9. The van der Waals surface area contributed by atoms with E-state index in [9.17, 15) is 36.2 Å². The molecule has 4 aromatic carbocycles. The van der Waals surface area contributed by atoms with Crippen molar-refractivity contribution in [1.82, 2.24) is 0 Å². The number of rotatable bonds is 32. The average molecular weight is 963 g/mol. The summed E-state index contributed by atoms with van der Waals surface area (Å²) in [5, 5.41) is 21.9. The van der Waals surface area contributed by atoms with Crippen LogP contribution in [0, 0.1) is 0 Å². The van der Waals surface area contributed by atoms with Crippen molar-refractivity contribution in [2.75, 3.05) is 0 Å². The molecule has 0 fully saturated rings. The van der Waals surface area contributed by atoms with Crippen molar-refractivity contribution in [2.45, 2.75) is 191 Å². The molecule has 0 aliphatic heterocycles. The molecular weight excluding hydrogens is 889 g/mol. The third-order valence-corrected chi connectivity index (χ3v) is 13.1. The first-order valence-corrected chi connectivity index (χ1v) is 26.8. The Bertz CT molecular complexity index is 1970. The molecule has 0 spiro atoms. The maximum absolute atomic E-state index is 12.0. The fraction of sp³-hybridized carbons (Fsp3) is 0.538. The van der Waals surface area contributed by atoms with Gasteiger partial charge in [0.25, 0.3) is 10.1 Å². The summed E-state index contributed by atoms with van der Waals surface area (Å²) in [4.78, 5) is -0.412. The number of phenolic OH excluding ortho intramolecular Hbond substituents is 1. The van der Waals surface area contributed by atoms with Crippen LogP contribution in [0.2, 0.25) is 0 Å². The smallest absolute Gasteiger partial charge is 0.870 e. The van der Waals surface area contributed by atoms with Crippen molar-refractivity contribution in [2.24, 2.45) is 0 Å². The van der Waals surface area contributed by atoms with Crippen LogP contribution in [0.5, 0.6) is 34.5 Å². The van der Waals surface area contributed by atoms with Gasteiger partial charge in [0.15, 0.2) is 11.5 Å². The summed E-state index contributed by atoms with van der Waals surface area (Å²) >= 11 is 0. The van der Waals surface area contributed by atoms with E-state index in [0.717, 1.165) is 38.5 Å². The van der Waals surface area contributed by atoms with E-state index in [-0.39, 0.29) is 64.8 Å². The van der Waals surface area contributed by atoms with Crippen molar-refractivity contribution in [3.8, 4) is 34.5 Å². The molecular formula is C52H74CaO10S2. The maximum Gasteiger partial charge on any atom is 2.00 e. The van der Waals surface area contributed by atoms with E-state index in [1.54, 1.807) is 36.4 Å². The fourth-order valence-corrected chi connectivity index (χ4v) is 8.70. The van der Waals surface area contributed by atoms with Crippen LogP contribution >= 0.6 is 0 Å². The summed E-state index contributed by atoms with van der Waals surface area (Å²) in [7, 11) is -8.83. The number of para-hydroxylation sites is 4. The minimum atomic E-state index is -4.55. The van der Waals surface area contributed by atoms with Crippen molar-refractivity contribution < 1.29 is 45.6 Å². The molecule has 0 heterocycles. The minimum Gasteiger partial charge on any atom is -0.870 e. The molecule has 356 valence electrons. The Hall–Kier alpha value is -2.84. The number of hydrogen-bond donors (Lipinski definition) is 2. The molecule has 65 heavy (non-hydrogen) atoms. The number of hydrogen-bond acceptors (Lipinski definition) is 9. The first-order valence-electron chi connectivity index (χ1n) is 23.9. The Morgan fingerprint density at radius 1 is 0.462 bits per heavy atom. The van der Waals surface area contributed by atoms with Crippen LogP contribution in [-0.2, 0) is 33.1 Å². The van der Waals surface area contributed by atoms with Gasteiger partial charge in [-0.15, -0.1) is 0 Å². The van der Waals surface area contributed by atoms with E-state index in [1.807, 2.05) is 0 Å². The summed E-state index contributed by atoms with van der Waals surface area (Å²) in [5.41, 5.74) is 1.34. The Morgan fingerprint density at radius 2 is 0.815 bits per heavy atom. The van der Waals surface area contributed by atoms with Gasteiger partial charge in [-0.3, -0.25) is 4.55 Å². The van der Waals surface area contributed by atoms with Crippen LogP contribution in [0.25, 0.3) is 0 Å². The third-order valence-electron chi connectivity index (χ3n) is 11.4. The monoisotopic (exact) mass is 962 g/mol. The summed E-state index contributed by atoms with van der Waals surface area (Å²) in [6.07, 6.45) is 31.0. The van der Waals surface area contributed by atoms with E-state index in [0.29, 0.717) is 41.2 Å². The van der Waals surface area contributed by atoms with Gasteiger partial charge >= 0.3 is 37.7 Å². The third kappa shape index (κ3) is 24.7. The summed E-state index contributed by atoms with van der Waals surface area (Å²) < 4.78 is 78.4. The van der Waals surface area contributed by atoms with Gasteiger partial charge in [0.2, 0.25) is 0 Å². The van der Waals surface area contributed by atoms with Gasteiger partial charge < -0.3 is 24.2 Å². The van der Waals surface area contributed by atoms with Crippen LogP contribution in [0.4, 0.5) is 0 Å². The van der Waals surface area contributed by atoms with E-state index in [4.69, 9.17) is 9.47 Å². The molecule has 0 aromatic heterocycles. The van der Waals surface area contributed by atoms with Crippen LogP contribution < -0.4 is 14.6 Å². The molecule has 0 bridgehead atoms. The zero-order valence-electron chi connectivity index (χ0n) is 39.2. The fourth-order valence-electron chi connectivity index (χ4n) is 7.65. The van der Waals surface area contributed by atoms with Crippen molar-refractivity contribution >= 4 is 58.0 Å². The average Bonchev–Trinajstić information content (AvgIpc) is 3.26. The van der Waals surface area contributed by atoms with E-state index < -0.39 is 20.2 Å². The topological polar surface area (TPSA) is 173 Å². The molecule has 4 aromatic rings. The number of aryl methyl sites for hydroxylation is 2. The summed E-state index contributed by atoms with van der Waals surface area (Å²) in [6, 6.07) is 21.4. The number of ether oxygens (including phenoxy) is 2. The molecule has 4 rings (SSSR count). The number of unbranched alkanes of at least 4 members (excludes halogenated alkanes) is 22. The standard InChI is InChI=1S/2C26H38O5S.Ca/c2*1-2-3-4-5-6-7-8-9-10-11-12-13-16-22-21-23(32(28,29)30)19-20-25(22)31-26-18-15-14-17-24(26)27;/h2*14-15,17-21,27H,2-13,16H2,1H3,(H,28,29,30);/q;;+2/p-2. The molecule has 10 nitrogen and oxygen atoms in total. The molecule has 0 amide bonds. The van der Waals surface area contributed by atoms with E-state index in [2.05, 4.69) is 13.8 Å². The normalized spacial score (nSPS) is 11.4. The Morgan fingerprint density at radius 3 is 1.22 bits per heavy atom. The van der Waals surface area contributed by atoms with Crippen molar-refractivity contribution in [3.63, 3.8) is 0 Å². The molecule has 0 aliphatic carbocycles. The molecule has 2 N–H and O–H groups in total. The maximum atomic E-state index is 12.0.